The third-order valence-electron chi connectivity index (χ3n) is 4.22. The summed E-state index contributed by atoms with van der Waals surface area (Å²) in [6, 6.07) is 4.26. The van der Waals surface area contributed by atoms with Crippen LogP contribution in [0.4, 0.5) is 0 Å². The van der Waals surface area contributed by atoms with Gasteiger partial charge in [-0.15, -0.1) is 0 Å². The minimum Gasteiger partial charge on any atom is -0.312 e. The molecule has 1 N–H and O–H groups in total. The van der Waals surface area contributed by atoms with Crippen molar-refractivity contribution in [2.24, 2.45) is 11.8 Å². The minimum atomic E-state index is 0.198. The molecule has 1 aliphatic carbocycles. The molecule has 1 aliphatic rings. The molecule has 0 amide bonds. The summed E-state index contributed by atoms with van der Waals surface area (Å²) in [6.45, 7) is 7.84. The van der Waals surface area contributed by atoms with E-state index in [0.29, 0.717) is 5.92 Å². The van der Waals surface area contributed by atoms with Crippen LogP contribution >= 0.6 is 15.9 Å². The zero-order valence-electron chi connectivity index (χ0n) is 13.0. The van der Waals surface area contributed by atoms with Crippen molar-refractivity contribution in [1.82, 2.24) is 10.3 Å². The Kier molecular flexibility index (Phi) is 5.62. The van der Waals surface area contributed by atoms with Gasteiger partial charge in [-0.05, 0) is 73.6 Å². The van der Waals surface area contributed by atoms with Gasteiger partial charge in [0.05, 0.1) is 0 Å². The summed E-state index contributed by atoms with van der Waals surface area (Å²) in [5, 5.41) is 3.69. The van der Waals surface area contributed by atoms with Crippen LogP contribution in [0.3, 0.4) is 0 Å². The lowest BCUT2D eigenvalue weighted by Crippen LogP contribution is -2.41. The highest BCUT2D eigenvalue weighted by Crippen LogP contribution is 2.33. The molecule has 0 bridgehead atoms. The molecule has 1 aromatic rings. The molecule has 1 aromatic heterocycles. The maximum absolute atomic E-state index is 4.56. The van der Waals surface area contributed by atoms with E-state index in [2.05, 4.69) is 59.1 Å². The first-order valence-corrected chi connectivity index (χ1v) is 8.59. The first-order valence-electron chi connectivity index (χ1n) is 7.79. The molecule has 1 saturated carbocycles. The SMILES string of the molecule is CC(C)(C)NCC(Cc1ccc(Br)cn1)C1CCCC1. The smallest absolute Gasteiger partial charge is 0.0413 e. The van der Waals surface area contributed by atoms with Crippen LogP contribution < -0.4 is 5.32 Å². The second-order valence-electron chi connectivity index (χ2n) is 7.11. The van der Waals surface area contributed by atoms with Gasteiger partial charge < -0.3 is 5.32 Å². The van der Waals surface area contributed by atoms with Gasteiger partial charge in [0.2, 0.25) is 0 Å². The number of aromatic nitrogens is 1. The van der Waals surface area contributed by atoms with Gasteiger partial charge in [-0.2, -0.15) is 0 Å². The first kappa shape index (κ1) is 16.0. The molecule has 0 saturated heterocycles. The second kappa shape index (κ2) is 7.04. The lowest BCUT2D eigenvalue weighted by molar-refractivity contribution is 0.285. The Morgan fingerprint density at radius 2 is 2.00 bits per heavy atom. The Balaban J connectivity index is 1.99. The van der Waals surface area contributed by atoms with Crippen molar-refractivity contribution >= 4 is 15.9 Å². The molecule has 3 heteroatoms. The maximum atomic E-state index is 4.56. The van der Waals surface area contributed by atoms with Crippen molar-refractivity contribution in [3.8, 4) is 0 Å². The fourth-order valence-electron chi connectivity index (χ4n) is 3.07. The number of rotatable bonds is 5. The summed E-state index contributed by atoms with van der Waals surface area (Å²) in [6.07, 6.45) is 8.62. The third kappa shape index (κ3) is 5.17. The van der Waals surface area contributed by atoms with Crippen molar-refractivity contribution < 1.29 is 0 Å². The summed E-state index contributed by atoms with van der Waals surface area (Å²) in [4.78, 5) is 4.56. The van der Waals surface area contributed by atoms with Crippen molar-refractivity contribution in [3.05, 3.63) is 28.5 Å². The zero-order chi connectivity index (χ0) is 14.6. The Morgan fingerprint density at radius 1 is 1.30 bits per heavy atom. The Morgan fingerprint density at radius 3 is 2.55 bits per heavy atom. The lowest BCUT2D eigenvalue weighted by atomic mass is 9.86. The molecule has 0 aromatic carbocycles. The Bertz CT molecular complexity index is 402. The largest absolute Gasteiger partial charge is 0.312 e. The van der Waals surface area contributed by atoms with E-state index in [-0.39, 0.29) is 5.54 Å². The van der Waals surface area contributed by atoms with Gasteiger partial charge in [-0.25, -0.2) is 0 Å². The summed E-state index contributed by atoms with van der Waals surface area (Å²) in [7, 11) is 0. The Hall–Kier alpha value is -0.410. The first-order chi connectivity index (χ1) is 9.44. The molecule has 20 heavy (non-hydrogen) atoms. The van der Waals surface area contributed by atoms with Crippen LogP contribution in [0.15, 0.2) is 22.8 Å². The molecule has 1 fully saturated rings. The van der Waals surface area contributed by atoms with Crippen LogP contribution in [0, 0.1) is 11.8 Å². The average Bonchev–Trinajstić information content (AvgIpc) is 2.89. The molecule has 0 radical (unpaired) electrons. The van der Waals surface area contributed by atoms with Gasteiger partial charge in [-0.3, -0.25) is 4.98 Å². The lowest BCUT2D eigenvalue weighted by Gasteiger charge is -2.28. The highest BCUT2D eigenvalue weighted by Gasteiger charge is 2.26. The van der Waals surface area contributed by atoms with Gasteiger partial charge in [-0.1, -0.05) is 25.7 Å². The number of nitrogens with zero attached hydrogens (tertiary/aromatic N) is 1. The number of nitrogens with one attached hydrogen (secondary N) is 1. The van der Waals surface area contributed by atoms with Gasteiger partial charge in [0, 0.05) is 21.9 Å². The quantitative estimate of drug-likeness (QED) is 0.849. The Labute approximate surface area is 131 Å². The molecule has 1 atom stereocenters. The standard InChI is InChI=1S/C17H27BrN2/c1-17(2,3)20-11-14(13-6-4-5-7-13)10-16-9-8-15(18)12-19-16/h8-9,12-14,20H,4-7,10-11H2,1-3H3. The molecule has 0 aliphatic heterocycles. The zero-order valence-corrected chi connectivity index (χ0v) is 14.5. The molecule has 2 nitrogen and oxygen atoms in total. The third-order valence-corrected chi connectivity index (χ3v) is 4.69. The summed E-state index contributed by atoms with van der Waals surface area (Å²) in [5.41, 5.74) is 1.42. The fourth-order valence-corrected chi connectivity index (χ4v) is 3.30. The van der Waals surface area contributed by atoms with Crippen molar-refractivity contribution in [2.45, 2.75) is 58.4 Å². The predicted molar refractivity (Wildman–Crippen MR) is 88.8 cm³/mol. The molecular weight excluding hydrogens is 312 g/mol. The van der Waals surface area contributed by atoms with E-state index in [1.807, 2.05) is 6.20 Å². The van der Waals surface area contributed by atoms with Gasteiger partial charge in [0.15, 0.2) is 0 Å². The van der Waals surface area contributed by atoms with E-state index >= 15 is 0 Å². The van der Waals surface area contributed by atoms with Gasteiger partial charge >= 0.3 is 0 Å². The van der Waals surface area contributed by atoms with E-state index in [1.54, 1.807) is 0 Å². The summed E-state index contributed by atoms with van der Waals surface area (Å²) in [5.74, 6) is 1.58. The number of pyridine rings is 1. The highest BCUT2D eigenvalue weighted by atomic mass is 79.9. The number of hydrogen-bond donors (Lipinski definition) is 1. The maximum Gasteiger partial charge on any atom is 0.0413 e. The summed E-state index contributed by atoms with van der Waals surface area (Å²) < 4.78 is 1.06. The predicted octanol–water partition coefficient (Wildman–Crippen LogP) is 4.58. The van der Waals surface area contributed by atoms with Crippen molar-refractivity contribution in [1.29, 1.82) is 0 Å². The summed E-state index contributed by atoms with van der Waals surface area (Å²) >= 11 is 3.46. The van der Waals surface area contributed by atoms with Crippen molar-refractivity contribution in [2.75, 3.05) is 6.54 Å². The van der Waals surface area contributed by atoms with Gasteiger partial charge in [0.25, 0.3) is 0 Å². The molecular formula is C17H27BrN2. The van der Waals surface area contributed by atoms with Crippen LogP contribution in [0.5, 0.6) is 0 Å². The number of halogens is 1. The van der Waals surface area contributed by atoms with Crippen LogP contribution in [-0.4, -0.2) is 17.1 Å². The van der Waals surface area contributed by atoms with E-state index in [0.717, 1.165) is 23.4 Å². The van der Waals surface area contributed by atoms with Gasteiger partial charge in [0.1, 0.15) is 0 Å². The average molecular weight is 339 g/mol. The van der Waals surface area contributed by atoms with Crippen LogP contribution in [0.25, 0.3) is 0 Å². The van der Waals surface area contributed by atoms with E-state index in [9.17, 15) is 0 Å². The van der Waals surface area contributed by atoms with E-state index < -0.39 is 0 Å². The van der Waals surface area contributed by atoms with Crippen molar-refractivity contribution in [3.63, 3.8) is 0 Å². The fraction of sp³-hybridized carbons (Fsp3) is 0.706. The topological polar surface area (TPSA) is 24.9 Å². The monoisotopic (exact) mass is 338 g/mol. The molecule has 2 rings (SSSR count). The minimum absolute atomic E-state index is 0.198. The molecule has 1 heterocycles. The normalized spacial score (nSPS) is 18.4. The van der Waals surface area contributed by atoms with E-state index in [4.69, 9.17) is 0 Å². The van der Waals surface area contributed by atoms with Crippen LogP contribution in [-0.2, 0) is 6.42 Å². The molecule has 112 valence electrons. The van der Waals surface area contributed by atoms with Crippen LogP contribution in [0.1, 0.15) is 52.1 Å². The number of hydrogen-bond acceptors (Lipinski definition) is 2. The van der Waals surface area contributed by atoms with E-state index in [1.165, 1.54) is 31.4 Å². The highest BCUT2D eigenvalue weighted by molar-refractivity contribution is 9.10. The molecule has 1 unspecified atom stereocenters. The second-order valence-corrected chi connectivity index (χ2v) is 8.02. The molecule has 0 spiro atoms. The van der Waals surface area contributed by atoms with Crippen LogP contribution in [0.2, 0.25) is 0 Å².